The second kappa shape index (κ2) is 8.07. The van der Waals surface area contributed by atoms with E-state index in [4.69, 9.17) is 5.26 Å². The first kappa shape index (κ1) is 20.3. The van der Waals surface area contributed by atoms with Crippen molar-refractivity contribution in [1.29, 1.82) is 5.26 Å². The molecule has 1 aliphatic rings. The lowest BCUT2D eigenvalue weighted by molar-refractivity contribution is 0.0926. The van der Waals surface area contributed by atoms with Crippen molar-refractivity contribution in [1.82, 2.24) is 19.4 Å². The van der Waals surface area contributed by atoms with Gasteiger partial charge < -0.3 is 10.2 Å². The van der Waals surface area contributed by atoms with E-state index < -0.39 is 11.2 Å². The molecule has 1 amide bonds. The zero-order chi connectivity index (χ0) is 22.1. The molecule has 0 aliphatic carbocycles. The molecule has 4 rings (SSSR count). The first-order valence-electron chi connectivity index (χ1n) is 10.0. The van der Waals surface area contributed by atoms with Crippen LogP contribution < -0.4 is 21.5 Å². The maximum Gasteiger partial charge on any atom is 0.332 e. The van der Waals surface area contributed by atoms with Gasteiger partial charge in [0.05, 0.1) is 17.0 Å². The molecule has 31 heavy (non-hydrogen) atoms. The van der Waals surface area contributed by atoms with E-state index in [0.29, 0.717) is 5.56 Å². The summed E-state index contributed by atoms with van der Waals surface area (Å²) in [6.07, 6.45) is 1.55. The van der Waals surface area contributed by atoms with E-state index in [9.17, 15) is 14.4 Å². The molecule has 3 heterocycles. The van der Waals surface area contributed by atoms with Gasteiger partial charge in [0.25, 0.3) is 11.5 Å². The number of anilines is 1. The fourth-order valence-electron chi connectivity index (χ4n) is 3.87. The van der Waals surface area contributed by atoms with Crippen LogP contribution in [-0.2, 0) is 14.1 Å². The molecule has 9 nitrogen and oxygen atoms in total. The molecule has 2 aromatic heterocycles. The van der Waals surface area contributed by atoms with Crippen molar-refractivity contribution in [2.45, 2.75) is 18.9 Å². The number of amides is 1. The van der Waals surface area contributed by atoms with E-state index in [0.717, 1.165) is 36.2 Å². The van der Waals surface area contributed by atoms with Gasteiger partial charge in [-0.1, -0.05) is 0 Å². The Balaban J connectivity index is 1.45. The highest BCUT2D eigenvalue weighted by molar-refractivity contribution is 5.94. The summed E-state index contributed by atoms with van der Waals surface area (Å²) < 4.78 is 2.29. The minimum Gasteiger partial charge on any atom is -0.371 e. The smallest absolute Gasteiger partial charge is 0.332 e. The van der Waals surface area contributed by atoms with Gasteiger partial charge >= 0.3 is 5.69 Å². The van der Waals surface area contributed by atoms with Gasteiger partial charge in [0.2, 0.25) is 0 Å². The fraction of sp³-hybridized carbons (Fsp3) is 0.318. The lowest BCUT2D eigenvalue weighted by Gasteiger charge is -2.34. The molecular weight excluding hydrogens is 396 g/mol. The van der Waals surface area contributed by atoms with E-state index in [1.54, 1.807) is 12.1 Å². The van der Waals surface area contributed by atoms with Crippen LogP contribution in [-0.4, -0.2) is 39.2 Å². The predicted octanol–water partition coefficient (Wildman–Crippen LogP) is 0.903. The third kappa shape index (κ3) is 3.80. The minimum atomic E-state index is -0.488. The summed E-state index contributed by atoms with van der Waals surface area (Å²) in [7, 11) is 2.94. The van der Waals surface area contributed by atoms with Crippen LogP contribution in [0.25, 0.3) is 11.0 Å². The van der Waals surface area contributed by atoms with Crippen molar-refractivity contribution in [3.8, 4) is 6.07 Å². The Morgan fingerprint density at radius 1 is 1.06 bits per heavy atom. The van der Waals surface area contributed by atoms with Crippen LogP contribution in [0.2, 0.25) is 0 Å². The third-order valence-corrected chi connectivity index (χ3v) is 5.73. The first-order valence-corrected chi connectivity index (χ1v) is 10.0. The Hall–Kier alpha value is -3.93. The van der Waals surface area contributed by atoms with Crippen LogP contribution in [0.4, 0.5) is 5.69 Å². The minimum absolute atomic E-state index is 0.00657. The summed E-state index contributed by atoms with van der Waals surface area (Å²) in [4.78, 5) is 43.7. The molecule has 0 radical (unpaired) electrons. The van der Waals surface area contributed by atoms with Gasteiger partial charge in [-0.25, -0.2) is 9.78 Å². The number of pyridine rings is 1. The quantitative estimate of drug-likeness (QED) is 0.676. The summed E-state index contributed by atoms with van der Waals surface area (Å²) >= 11 is 0. The normalized spacial score (nSPS) is 14.4. The molecule has 1 fully saturated rings. The number of aryl methyl sites for hydroxylation is 1. The van der Waals surface area contributed by atoms with Crippen LogP contribution in [0.15, 0.2) is 46.0 Å². The molecule has 3 aromatic rings. The number of carbonyl (C=O) groups excluding carboxylic acids is 1. The molecule has 0 unspecified atom stereocenters. The van der Waals surface area contributed by atoms with Crippen molar-refractivity contribution >= 4 is 22.6 Å². The SMILES string of the molecule is Cn1c(=O)c2ccc(C(=O)NC3CCN(c4ccc(C#N)cc4)CC3)nc2n(C)c1=O. The monoisotopic (exact) mass is 418 g/mol. The number of benzene rings is 1. The fourth-order valence-corrected chi connectivity index (χ4v) is 3.87. The molecular formula is C22H22N6O3. The lowest BCUT2D eigenvalue weighted by Crippen LogP contribution is -2.45. The van der Waals surface area contributed by atoms with E-state index in [-0.39, 0.29) is 28.7 Å². The second-order valence-electron chi connectivity index (χ2n) is 7.67. The maximum atomic E-state index is 12.7. The highest BCUT2D eigenvalue weighted by atomic mass is 16.2. The van der Waals surface area contributed by atoms with E-state index in [1.807, 2.05) is 12.1 Å². The largest absolute Gasteiger partial charge is 0.371 e. The highest BCUT2D eigenvalue weighted by Crippen LogP contribution is 2.20. The highest BCUT2D eigenvalue weighted by Gasteiger charge is 2.22. The Bertz CT molecular complexity index is 1310. The second-order valence-corrected chi connectivity index (χ2v) is 7.67. The number of carbonyl (C=O) groups is 1. The first-order chi connectivity index (χ1) is 14.9. The van der Waals surface area contributed by atoms with Crippen molar-refractivity contribution < 1.29 is 4.79 Å². The van der Waals surface area contributed by atoms with E-state index in [2.05, 4.69) is 21.3 Å². The summed E-state index contributed by atoms with van der Waals surface area (Å²) in [5.74, 6) is -0.327. The number of nitrogens with one attached hydrogen (secondary N) is 1. The average Bonchev–Trinajstić information content (AvgIpc) is 2.81. The maximum absolute atomic E-state index is 12.7. The number of fused-ring (bicyclic) bond motifs is 1. The van der Waals surface area contributed by atoms with Gasteiger partial charge in [0.1, 0.15) is 11.3 Å². The molecule has 0 spiro atoms. The van der Waals surface area contributed by atoms with Gasteiger partial charge in [0.15, 0.2) is 0 Å². The molecule has 1 saturated heterocycles. The molecule has 0 atom stereocenters. The van der Waals surface area contributed by atoms with Gasteiger partial charge in [-0.2, -0.15) is 5.26 Å². The summed E-state index contributed by atoms with van der Waals surface area (Å²) in [6.45, 7) is 1.57. The summed E-state index contributed by atoms with van der Waals surface area (Å²) in [6, 6.07) is 12.6. The van der Waals surface area contributed by atoms with Gasteiger partial charge in [-0.3, -0.25) is 18.7 Å². The molecule has 9 heteroatoms. The van der Waals surface area contributed by atoms with E-state index in [1.165, 1.54) is 30.8 Å². The Morgan fingerprint density at radius 2 is 1.74 bits per heavy atom. The van der Waals surface area contributed by atoms with Gasteiger partial charge in [-0.05, 0) is 49.2 Å². The molecule has 158 valence electrons. The molecule has 1 N–H and O–H groups in total. The van der Waals surface area contributed by atoms with Gasteiger partial charge in [-0.15, -0.1) is 0 Å². The van der Waals surface area contributed by atoms with Crippen LogP contribution in [0.5, 0.6) is 0 Å². The topological polar surface area (TPSA) is 113 Å². The zero-order valence-corrected chi connectivity index (χ0v) is 17.3. The third-order valence-electron chi connectivity index (χ3n) is 5.73. The van der Waals surface area contributed by atoms with Crippen LogP contribution in [0.3, 0.4) is 0 Å². The number of nitriles is 1. The molecule has 0 bridgehead atoms. The molecule has 1 aromatic carbocycles. The summed E-state index contributed by atoms with van der Waals surface area (Å²) in [5, 5.41) is 12.2. The van der Waals surface area contributed by atoms with Gasteiger partial charge in [0, 0.05) is 38.9 Å². The van der Waals surface area contributed by atoms with Crippen LogP contribution >= 0.6 is 0 Å². The number of rotatable bonds is 3. The van der Waals surface area contributed by atoms with Crippen molar-refractivity contribution in [3.05, 3.63) is 68.5 Å². The average molecular weight is 418 g/mol. The van der Waals surface area contributed by atoms with Crippen molar-refractivity contribution in [2.75, 3.05) is 18.0 Å². The number of nitrogens with zero attached hydrogens (tertiary/aromatic N) is 5. The number of hydrogen-bond donors (Lipinski definition) is 1. The van der Waals surface area contributed by atoms with Crippen LogP contribution in [0, 0.1) is 11.3 Å². The molecule has 0 saturated carbocycles. The van der Waals surface area contributed by atoms with Crippen molar-refractivity contribution in [2.24, 2.45) is 14.1 Å². The Kier molecular flexibility index (Phi) is 5.29. The molecule has 1 aliphatic heterocycles. The number of piperidine rings is 1. The Morgan fingerprint density at radius 3 is 2.39 bits per heavy atom. The number of hydrogen-bond acceptors (Lipinski definition) is 6. The standard InChI is InChI=1S/C22H22N6O3/c1-26-19-17(21(30)27(2)22(26)31)7-8-18(25-19)20(29)24-15-9-11-28(12-10-15)16-5-3-14(13-23)4-6-16/h3-8,15H,9-12H2,1-2H3,(H,24,29). The van der Waals surface area contributed by atoms with Crippen LogP contribution in [0.1, 0.15) is 28.9 Å². The summed E-state index contributed by atoms with van der Waals surface area (Å²) in [5.41, 5.74) is 1.12. The van der Waals surface area contributed by atoms with Crippen molar-refractivity contribution in [3.63, 3.8) is 0 Å². The lowest BCUT2D eigenvalue weighted by atomic mass is 10.0. The zero-order valence-electron chi connectivity index (χ0n) is 17.3. The van der Waals surface area contributed by atoms with E-state index >= 15 is 0 Å². The predicted molar refractivity (Wildman–Crippen MR) is 116 cm³/mol. The Labute approximate surface area is 178 Å². The number of aromatic nitrogens is 3.